The molecule has 0 radical (unpaired) electrons. The summed E-state index contributed by atoms with van der Waals surface area (Å²) in [6, 6.07) is 4.46. The average molecular weight is 210 g/mol. The molecule has 1 atom stereocenters. The lowest BCUT2D eigenvalue weighted by Crippen LogP contribution is -1.99. The van der Waals surface area contributed by atoms with Crippen molar-refractivity contribution in [2.75, 3.05) is 0 Å². The topological polar surface area (TPSA) is 33.4 Å². The number of hydrogen-bond donors (Lipinski definition) is 1. The molecule has 1 unspecified atom stereocenters. The van der Waals surface area contributed by atoms with Crippen LogP contribution in [0.15, 0.2) is 41.2 Å². The molecule has 0 saturated heterocycles. The Morgan fingerprint density at radius 1 is 1.07 bits per heavy atom. The van der Waals surface area contributed by atoms with E-state index < -0.39 is 17.7 Å². The van der Waals surface area contributed by atoms with E-state index in [1.807, 2.05) is 0 Å². The molecule has 2 aromatic rings. The highest BCUT2D eigenvalue weighted by molar-refractivity contribution is 5.28. The Kier molecular flexibility index (Phi) is 2.51. The third kappa shape index (κ3) is 2.05. The molecule has 1 N–H and O–H groups in total. The van der Waals surface area contributed by atoms with Gasteiger partial charge in [-0.05, 0) is 23.8 Å². The van der Waals surface area contributed by atoms with Crippen LogP contribution in [0.4, 0.5) is 8.78 Å². The van der Waals surface area contributed by atoms with Gasteiger partial charge < -0.3 is 9.52 Å². The van der Waals surface area contributed by atoms with Gasteiger partial charge in [0.25, 0.3) is 0 Å². The molecular weight excluding hydrogens is 202 g/mol. The molecule has 1 aromatic heterocycles. The third-order valence-corrected chi connectivity index (χ3v) is 2.06. The number of aliphatic hydroxyl groups excluding tert-OH is 1. The molecule has 0 amide bonds. The highest BCUT2D eigenvalue weighted by Crippen LogP contribution is 2.23. The summed E-state index contributed by atoms with van der Waals surface area (Å²) >= 11 is 0. The summed E-state index contributed by atoms with van der Waals surface area (Å²) in [7, 11) is 0. The zero-order valence-electron chi connectivity index (χ0n) is 7.65. The fraction of sp³-hybridized carbons (Fsp3) is 0.0909. The first kappa shape index (κ1) is 9.86. The van der Waals surface area contributed by atoms with Crippen LogP contribution < -0.4 is 0 Å². The number of furan rings is 1. The number of hydrogen-bond acceptors (Lipinski definition) is 2. The Bertz CT molecular complexity index is 431. The predicted molar refractivity (Wildman–Crippen MR) is 49.1 cm³/mol. The van der Waals surface area contributed by atoms with Gasteiger partial charge in [0, 0.05) is 11.6 Å². The van der Waals surface area contributed by atoms with Gasteiger partial charge in [0.05, 0.1) is 12.5 Å². The largest absolute Gasteiger partial charge is 0.472 e. The van der Waals surface area contributed by atoms with Crippen molar-refractivity contribution in [3.63, 3.8) is 0 Å². The van der Waals surface area contributed by atoms with Gasteiger partial charge in [0.1, 0.15) is 17.7 Å². The summed E-state index contributed by atoms with van der Waals surface area (Å²) in [6.07, 6.45) is 1.63. The highest BCUT2D eigenvalue weighted by Gasteiger charge is 2.13. The van der Waals surface area contributed by atoms with Gasteiger partial charge in [0.15, 0.2) is 0 Å². The van der Waals surface area contributed by atoms with Crippen LogP contribution in [-0.4, -0.2) is 5.11 Å². The Balaban J connectivity index is 2.37. The van der Waals surface area contributed by atoms with Crippen LogP contribution >= 0.6 is 0 Å². The van der Waals surface area contributed by atoms with Crippen molar-refractivity contribution in [1.82, 2.24) is 0 Å². The lowest BCUT2D eigenvalue weighted by atomic mass is 10.0. The molecule has 0 bridgehead atoms. The van der Waals surface area contributed by atoms with Crippen LogP contribution in [0.25, 0.3) is 0 Å². The van der Waals surface area contributed by atoms with Gasteiger partial charge in [-0.15, -0.1) is 0 Å². The first-order chi connectivity index (χ1) is 7.16. The van der Waals surface area contributed by atoms with Gasteiger partial charge in [-0.1, -0.05) is 0 Å². The first-order valence-electron chi connectivity index (χ1n) is 4.33. The monoisotopic (exact) mass is 210 g/mol. The first-order valence-corrected chi connectivity index (χ1v) is 4.33. The van der Waals surface area contributed by atoms with Gasteiger partial charge in [-0.2, -0.15) is 0 Å². The number of aliphatic hydroxyl groups is 1. The van der Waals surface area contributed by atoms with Crippen LogP contribution in [0.3, 0.4) is 0 Å². The second-order valence-electron chi connectivity index (χ2n) is 3.16. The average Bonchev–Trinajstić information content (AvgIpc) is 2.67. The van der Waals surface area contributed by atoms with E-state index in [-0.39, 0.29) is 5.56 Å². The Morgan fingerprint density at radius 2 is 1.73 bits per heavy atom. The summed E-state index contributed by atoms with van der Waals surface area (Å²) in [5.41, 5.74) is 0.619. The molecule has 0 aliphatic carbocycles. The third-order valence-electron chi connectivity index (χ3n) is 2.06. The molecule has 1 aromatic carbocycles. The van der Waals surface area contributed by atoms with Crippen molar-refractivity contribution < 1.29 is 18.3 Å². The van der Waals surface area contributed by atoms with E-state index in [2.05, 4.69) is 0 Å². The number of halogens is 2. The Labute approximate surface area is 84.8 Å². The van der Waals surface area contributed by atoms with E-state index in [1.54, 1.807) is 0 Å². The molecular formula is C11H8F2O2. The van der Waals surface area contributed by atoms with E-state index >= 15 is 0 Å². The highest BCUT2D eigenvalue weighted by atomic mass is 19.1. The minimum Gasteiger partial charge on any atom is -0.472 e. The van der Waals surface area contributed by atoms with Crippen molar-refractivity contribution in [3.05, 3.63) is 59.6 Å². The molecule has 78 valence electrons. The molecule has 0 fully saturated rings. The van der Waals surface area contributed by atoms with Gasteiger partial charge in [-0.25, -0.2) is 8.78 Å². The normalized spacial score (nSPS) is 12.7. The van der Waals surface area contributed by atoms with Crippen LogP contribution in [-0.2, 0) is 0 Å². The van der Waals surface area contributed by atoms with Crippen LogP contribution in [0.1, 0.15) is 17.2 Å². The molecule has 2 rings (SSSR count). The van der Waals surface area contributed by atoms with E-state index in [1.165, 1.54) is 18.6 Å². The summed E-state index contributed by atoms with van der Waals surface area (Å²) in [6.45, 7) is 0. The standard InChI is InChI=1S/C11H8F2O2/c12-9-3-8(4-10(13)5-9)11(14)7-1-2-15-6-7/h1-6,11,14H. The SMILES string of the molecule is OC(c1ccoc1)c1cc(F)cc(F)c1. The maximum atomic E-state index is 12.9. The lowest BCUT2D eigenvalue weighted by molar-refractivity contribution is 0.218. The molecule has 4 heteroatoms. The van der Waals surface area contributed by atoms with Gasteiger partial charge in [-0.3, -0.25) is 0 Å². The second-order valence-corrected chi connectivity index (χ2v) is 3.16. The van der Waals surface area contributed by atoms with Crippen LogP contribution in [0.2, 0.25) is 0 Å². The quantitative estimate of drug-likeness (QED) is 0.826. The summed E-state index contributed by atoms with van der Waals surface area (Å²) in [5.74, 6) is -1.43. The van der Waals surface area contributed by atoms with E-state index in [0.29, 0.717) is 5.56 Å². The van der Waals surface area contributed by atoms with E-state index in [0.717, 1.165) is 18.2 Å². The molecule has 0 spiro atoms. The molecule has 2 nitrogen and oxygen atoms in total. The number of rotatable bonds is 2. The fourth-order valence-corrected chi connectivity index (χ4v) is 1.36. The summed E-state index contributed by atoms with van der Waals surface area (Å²) in [5, 5.41) is 9.74. The second kappa shape index (κ2) is 3.82. The lowest BCUT2D eigenvalue weighted by Gasteiger charge is -2.08. The molecule has 0 aliphatic rings. The smallest absolute Gasteiger partial charge is 0.126 e. The number of benzene rings is 1. The zero-order valence-corrected chi connectivity index (χ0v) is 7.65. The summed E-state index contributed by atoms with van der Waals surface area (Å²) < 4.78 is 30.5. The molecule has 1 heterocycles. The van der Waals surface area contributed by atoms with Gasteiger partial charge in [0.2, 0.25) is 0 Å². The minimum atomic E-state index is -1.08. The molecule has 0 aliphatic heterocycles. The van der Waals surface area contributed by atoms with Crippen molar-refractivity contribution in [2.45, 2.75) is 6.10 Å². The van der Waals surface area contributed by atoms with Crippen LogP contribution in [0, 0.1) is 11.6 Å². The predicted octanol–water partition coefficient (Wildman–Crippen LogP) is 2.64. The van der Waals surface area contributed by atoms with Crippen LogP contribution in [0.5, 0.6) is 0 Å². The Morgan fingerprint density at radius 3 is 2.27 bits per heavy atom. The van der Waals surface area contributed by atoms with Crippen molar-refractivity contribution in [2.24, 2.45) is 0 Å². The van der Waals surface area contributed by atoms with Crippen molar-refractivity contribution in [3.8, 4) is 0 Å². The van der Waals surface area contributed by atoms with Crippen molar-refractivity contribution >= 4 is 0 Å². The Hall–Kier alpha value is -1.68. The minimum absolute atomic E-state index is 0.161. The maximum absolute atomic E-state index is 12.9. The zero-order chi connectivity index (χ0) is 10.8. The fourth-order valence-electron chi connectivity index (χ4n) is 1.36. The van der Waals surface area contributed by atoms with Crippen molar-refractivity contribution in [1.29, 1.82) is 0 Å². The molecule has 15 heavy (non-hydrogen) atoms. The van der Waals surface area contributed by atoms with E-state index in [4.69, 9.17) is 4.42 Å². The molecule has 0 saturated carbocycles. The van der Waals surface area contributed by atoms with Gasteiger partial charge >= 0.3 is 0 Å². The summed E-state index contributed by atoms with van der Waals surface area (Å²) in [4.78, 5) is 0. The van der Waals surface area contributed by atoms with E-state index in [9.17, 15) is 13.9 Å². The maximum Gasteiger partial charge on any atom is 0.126 e.